The van der Waals surface area contributed by atoms with E-state index < -0.39 is 0 Å². The molecule has 2 atom stereocenters. The van der Waals surface area contributed by atoms with Gasteiger partial charge in [-0.2, -0.15) is 0 Å². The fourth-order valence-electron chi connectivity index (χ4n) is 3.21. The molecule has 2 nitrogen and oxygen atoms in total. The van der Waals surface area contributed by atoms with Crippen molar-refractivity contribution in [3.63, 3.8) is 0 Å². The topological polar surface area (TPSA) is 21.3 Å². The predicted molar refractivity (Wildman–Crippen MR) is 69.5 cm³/mol. The van der Waals surface area contributed by atoms with Gasteiger partial charge in [-0.15, -0.1) is 0 Å². The molecule has 2 heterocycles. The lowest BCUT2D eigenvalue weighted by Crippen LogP contribution is -2.42. The van der Waals surface area contributed by atoms with Crippen LogP contribution in [0.3, 0.4) is 0 Å². The molecule has 2 aliphatic heterocycles. The van der Waals surface area contributed by atoms with Crippen molar-refractivity contribution in [2.75, 3.05) is 0 Å². The van der Waals surface area contributed by atoms with Crippen molar-refractivity contribution in [3.8, 4) is 5.75 Å². The van der Waals surface area contributed by atoms with E-state index in [-0.39, 0.29) is 0 Å². The van der Waals surface area contributed by atoms with E-state index in [0.717, 1.165) is 5.75 Å². The van der Waals surface area contributed by atoms with E-state index in [0.29, 0.717) is 18.2 Å². The monoisotopic (exact) mass is 231 g/mol. The molecule has 2 fully saturated rings. The van der Waals surface area contributed by atoms with Gasteiger partial charge in [0.2, 0.25) is 0 Å². The van der Waals surface area contributed by atoms with Crippen molar-refractivity contribution >= 4 is 0 Å². The molecule has 0 amide bonds. The first kappa shape index (κ1) is 11.1. The minimum Gasteiger partial charge on any atom is -0.490 e. The van der Waals surface area contributed by atoms with Gasteiger partial charge >= 0.3 is 0 Å². The highest BCUT2D eigenvalue weighted by Crippen LogP contribution is 2.30. The van der Waals surface area contributed by atoms with Crippen LogP contribution in [-0.4, -0.2) is 18.2 Å². The number of piperidine rings is 1. The average Bonchev–Trinajstić information content (AvgIpc) is 2.62. The van der Waals surface area contributed by atoms with Gasteiger partial charge in [-0.05, 0) is 51.2 Å². The van der Waals surface area contributed by atoms with Crippen molar-refractivity contribution in [2.45, 2.75) is 57.7 Å². The van der Waals surface area contributed by atoms with Crippen molar-refractivity contribution < 1.29 is 4.74 Å². The first-order chi connectivity index (χ1) is 8.20. The highest BCUT2D eigenvalue weighted by molar-refractivity contribution is 5.35. The first-order valence-electron chi connectivity index (χ1n) is 6.70. The van der Waals surface area contributed by atoms with Gasteiger partial charge < -0.3 is 10.1 Å². The lowest BCUT2D eigenvalue weighted by Gasteiger charge is -2.30. The molecule has 2 unspecified atom stereocenters. The van der Waals surface area contributed by atoms with E-state index >= 15 is 0 Å². The standard InChI is InChI=1S/C15H21NO/c1-10-3-6-15(11(2)7-10)17-14-8-12-4-5-13(9-14)16-12/h3,6-7,12-14,16H,4-5,8-9H2,1-2H3. The average molecular weight is 231 g/mol. The quantitative estimate of drug-likeness (QED) is 0.845. The number of hydrogen-bond acceptors (Lipinski definition) is 2. The Morgan fingerprint density at radius 3 is 2.47 bits per heavy atom. The Hall–Kier alpha value is -1.02. The molecule has 92 valence electrons. The van der Waals surface area contributed by atoms with Crippen LogP contribution in [0.1, 0.15) is 36.8 Å². The molecular formula is C15H21NO. The molecular weight excluding hydrogens is 210 g/mol. The number of aryl methyl sites for hydroxylation is 2. The van der Waals surface area contributed by atoms with Gasteiger partial charge in [0.1, 0.15) is 11.9 Å². The molecule has 1 N–H and O–H groups in total. The van der Waals surface area contributed by atoms with Gasteiger partial charge in [0.25, 0.3) is 0 Å². The number of hydrogen-bond donors (Lipinski definition) is 1. The summed E-state index contributed by atoms with van der Waals surface area (Å²) >= 11 is 0. The summed E-state index contributed by atoms with van der Waals surface area (Å²) in [5.41, 5.74) is 2.57. The van der Waals surface area contributed by atoms with Crippen LogP contribution in [0.4, 0.5) is 0 Å². The van der Waals surface area contributed by atoms with Crippen LogP contribution in [0.15, 0.2) is 18.2 Å². The Morgan fingerprint density at radius 2 is 1.82 bits per heavy atom. The third-order valence-electron chi connectivity index (χ3n) is 4.05. The smallest absolute Gasteiger partial charge is 0.122 e. The molecule has 17 heavy (non-hydrogen) atoms. The normalized spacial score (nSPS) is 31.5. The summed E-state index contributed by atoms with van der Waals surface area (Å²) in [7, 11) is 0. The molecule has 3 rings (SSSR count). The third-order valence-corrected chi connectivity index (χ3v) is 4.05. The highest BCUT2D eigenvalue weighted by atomic mass is 16.5. The van der Waals surface area contributed by atoms with Crippen LogP contribution < -0.4 is 10.1 Å². The van der Waals surface area contributed by atoms with E-state index in [1.807, 2.05) is 0 Å². The predicted octanol–water partition coefficient (Wildman–Crippen LogP) is 2.97. The summed E-state index contributed by atoms with van der Waals surface area (Å²) in [6.45, 7) is 4.26. The highest BCUT2D eigenvalue weighted by Gasteiger charge is 2.34. The second kappa shape index (κ2) is 4.34. The molecule has 2 saturated heterocycles. The minimum absolute atomic E-state index is 0.412. The maximum absolute atomic E-state index is 6.18. The van der Waals surface area contributed by atoms with Crippen LogP contribution in [0.25, 0.3) is 0 Å². The summed E-state index contributed by atoms with van der Waals surface area (Å²) in [5.74, 6) is 1.07. The maximum Gasteiger partial charge on any atom is 0.122 e. The van der Waals surface area contributed by atoms with Crippen molar-refractivity contribution in [1.29, 1.82) is 0 Å². The zero-order valence-electron chi connectivity index (χ0n) is 10.7. The molecule has 1 aromatic rings. The van der Waals surface area contributed by atoms with Crippen LogP contribution in [0, 0.1) is 13.8 Å². The minimum atomic E-state index is 0.412. The summed E-state index contributed by atoms with van der Waals surface area (Å²) in [6.07, 6.45) is 5.41. The lowest BCUT2D eigenvalue weighted by atomic mass is 10.0. The largest absolute Gasteiger partial charge is 0.490 e. The van der Waals surface area contributed by atoms with Crippen LogP contribution in [0.2, 0.25) is 0 Å². The lowest BCUT2D eigenvalue weighted by molar-refractivity contribution is 0.136. The zero-order valence-corrected chi connectivity index (χ0v) is 10.7. The number of benzene rings is 1. The van der Waals surface area contributed by atoms with Gasteiger partial charge in [-0.1, -0.05) is 17.7 Å². The molecule has 2 heteroatoms. The summed E-state index contributed by atoms with van der Waals surface area (Å²) in [6, 6.07) is 7.85. The van der Waals surface area contributed by atoms with E-state index in [1.165, 1.54) is 36.8 Å². The summed E-state index contributed by atoms with van der Waals surface area (Å²) in [5, 5.41) is 3.65. The summed E-state index contributed by atoms with van der Waals surface area (Å²) < 4.78 is 6.18. The fourth-order valence-corrected chi connectivity index (χ4v) is 3.21. The second-order valence-electron chi connectivity index (χ2n) is 5.62. The number of nitrogens with one attached hydrogen (secondary N) is 1. The molecule has 0 aliphatic carbocycles. The van der Waals surface area contributed by atoms with E-state index in [4.69, 9.17) is 4.74 Å². The molecule has 0 aromatic heterocycles. The van der Waals surface area contributed by atoms with E-state index in [1.54, 1.807) is 0 Å². The molecule has 2 bridgehead atoms. The number of rotatable bonds is 2. The van der Waals surface area contributed by atoms with Crippen LogP contribution in [0.5, 0.6) is 5.75 Å². The number of fused-ring (bicyclic) bond motifs is 2. The SMILES string of the molecule is Cc1ccc(OC2CC3CCC(C2)N3)c(C)c1. The Balaban J connectivity index is 1.70. The van der Waals surface area contributed by atoms with Gasteiger partial charge in [-0.3, -0.25) is 0 Å². The Morgan fingerprint density at radius 1 is 1.12 bits per heavy atom. The zero-order chi connectivity index (χ0) is 11.8. The van der Waals surface area contributed by atoms with Gasteiger partial charge in [0.15, 0.2) is 0 Å². The van der Waals surface area contributed by atoms with Gasteiger partial charge in [-0.25, -0.2) is 0 Å². The second-order valence-corrected chi connectivity index (χ2v) is 5.62. The van der Waals surface area contributed by atoms with Crippen LogP contribution >= 0.6 is 0 Å². The maximum atomic E-state index is 6.18. The van der Waals surface area contributed by atoms with Crippen molar-refractivity contribution in [3.05, 3.63) is 29.3 Å². The molecule has 2 aliphatic rings. The van der Waals surface area contributed by atoms with Crippen molar-refractivity contribution in [1.82, 2.24) is 5.32 Å². The molecule has 1 aromatic carbocycles. The Labute approximate surface area is 103 Å². The first-order valence-corrected chi connectivity index (χ1v) is 6.70. The van der Waals surface area contributed by atoms with E-state index in [2.05, 4.69) is 37.4 Å². The number of ether oxygens (including phenoxy) is 1. The molecule has 0 radical (unpaired) electrons. The Kier molecular flexibility index (Phi) is 2.83. The van der Waals surface area contributed by atoms with E-state index in [9.17, 15) is 0 Å². The van der Waals surface area contributed by atoms with Gasteiger partial charge in [0.05, 0.1) is 0 Å². The van der Waals surface area contributed by atoms with Crippen LogP contribution in [-0.2, 0) is 0 Å². The van der Waals surface area contributed by atoms with Gasteiger partial charge in [0, 0.05) is 12.1 Å². The Bertz CT molecular complexity index is 403. The molecule has 0 saturated carbocycles. The summed E-state index contributed by atoms with van der Waals surface area (Å²) in [4.78, 5) is 0. The third kappa shape index (κ3) is 2.32. The fraction of sp³-hybridized carbons (Fsp3) is 0.600. The van der Waals surface area contributed by atoms with Crippen molar-refractivity contribution in [2.24, 2.45) is 0 Å². The molecule has 0 spiro atoms.